The van der Waals surface area contributed by atoms with E-state index < -0.39 is 24.6 Å². The molecule has 0 spiro atoms. The molecule has 0 aliphatic heterocycles. The second-order valence-corrected chi connectivity index (χ2v) is 2.04. The Bertz CT molecular complexity index is 129. The molecular formula is C5H7F5O. The molecule has 0 heterocycles. The van der Waals surface area contributed by atoms with E-state index in [0.29, 0.717) is 0 Å². The average molecular weight is 178 g/mol. The van der Waals surface area contributed by atoms with Crippen molar-refractivity contribution >= 4 is 0 Å². The summed E-state index contributed by atoms with van der Waals surface area (Å²) in [5.41, 5.74) is 0. The first-order chi connectivity index (χ1) is 4.73. The first kappa shape index (κ1) is 10.6. The quantitative estimate of drug-likeness (QED) is 0.655. The Kier molecular flexibility index (Phi) is 2.82. The molecule has 0 amide bonds. The van der Waals surface area contributed by atoms with Crippen LogP contribution in [0.1, 0.15) is 13.3 Å². The van der Waals surface area contributed by atoms with Gasteiger partial charge in [0.1, 0.15) is 0 Å². The summed E-state index contributed by atoms with van der Waals surface area (Å²) in [6.45, 7) is 0.977. The van der Waals surface area contributed by atoms with Crippen LogP contribution in [0.25, 0.3) is 0 Å². The van der Waals surface area contributed by atoms with E-state index in [0.717, 1.165) is 6.92 Å². The summed E-state index contributed by atoms with van der Waals surface area (Å²) in [5.74, 6) is -5.00. The van der Waals surface area contributed by atoms with E-state index in [1.54, 1.807) is 0 Å². The Morgan fingerprint density at radius 3 is 1.73 bits per heavy atom. The summed E-state index contributed by atoms with van der Waals surface area (Å²) in [4.78, 5) is 0. The standard InChI is InChI=1S/C5H7F5O/c1-2-3(6)4(7,8)5(9,10)11/h3,11H,2H2,1H3/t3-/m1/s1. The van der Waals surface area contributed by atoms with E-state index in [1.165, 1.54) is 0 Å². The van der Waals surface area contributed by atoms with Crippen LogP contribution in [0.2, 0.25) is 0 Å². The Morgan fingerprint density at radius 1 is 1.27 bits per heavy atom. The van der Waals surface area contributed by atoms with E-state index in [4.69, 9.17) is 5.11 Å². The third-order valence-corrected chi connectivity index (χ3v) is 1.15. The fourth-order valence-corrected chi connectivity index (χ4v) is 0.445. The molecule has 1 atom stereocenters. The van der Waals surface area contributed by atoms with Crippen molar-refractivity contribution in [3.63, 3.8) is 0 Å². The van der Waals surface area contributed by atoms with Crippen LogP contribution in [0.3, 0.4) is 0 Å². The molecule has 0 aromatic carbocycles. The van der Waals surface area contributed by atoms with Gasteiger partial charge in [0.25, 0.3) is 0 Å². The monoisotopic (exact) mass is 178 g/mol. The minimum absolute atomic E-state index is 0.775. The third-order valence-electron chi connectivity index (χ3n) is 1.15. The highest BCUT2D eigenvalue weighted by Gasteiger charge is 2.60. The van der Waals surface area contributed by atoms with Crippen LogP contribution in [0, 0.1) is 0 Å². The normalized spacial score (nSPS) is 16.6. The number of hydrogen-bond acceptors (Lipinski definition) is 1. The fourth-order valence-electron chi connectivity index (χ4n) is 0.445. The molecule has 68 valence electrons. The van der Waals surface area contributed by atoms with E-state index in [-0.39, 0.29) is 0 Å². The van der Waals surface area contributed by atoms with Crippen LogP contribution in [0.15, 0.2) is 0 Å². The number of halogens is 5. The lowest BCUT2D eigenvalue weighted by atomic mass is 10.1. The van der Waals surface area contributed by atoms with Crippen molar-refractivity contribution in [2.45, 2.75) is 31.5 Å². The number of rotatable bonds is 3. The zero-order valence-electron chi connectivity index (χ0n) is 5.62. The lowest BCUT2D eigenvalue weighted by Crippen LogP contribution is -2.47. The number of alkyl halides is 5. The van der Waals surface area contributed by atoms with Crippen molar-refractivity contribution in [1.82, 2.24) is 0 Å². The van der Waals surface area contributed by atoms with Gasteiger partial charge < -0.3 is 5.11 Å². The van der Waals surface area contributed by atoms with Crippen molar-refractivity contribution in [2.75, 3.05) is 0 Å². The van der Waals surface area contributed by atoms with E-state index >= 15 is 0 Å². The smallest absolute Gasteiger partial charge is 0.331 e. The van der Waals surface area contributed by atoms with Crippen molar-refractivity contribution in [3.8, 4) is 0 Å². The van der Waals surface area contributed by atoms with Gasteiger partial charge in [-0.15, -0.1) is 0 Å². The number of hydrogen-bond donors (Lipinski definition) is 1. The molecule has 0 fully saturated rings. The van der Waals surface area contributed by atoms with Gasteiger partial charge in [0, 0.05) is 0 Å². The Hall–Kier alpha value is -0.390. The molecule has 11 heavy (non-hydrogen) atoms. The van der Waals surface area contributed by atoms with Gasteiger partial charge in [-0.3, -0.25) is 0 Å². The molecular weight excluding hydrogens is 171 g/mol. The van der Waals surface area contributed by atoms with Gasteiger partial charge in [-0.05, 0) is 6.42 Å². The maximum atomic E-state index is 12.0. The van der Waals surface area contributed by atoms with Crippen LogP contribution in [0.5, 0.6) is 0 Å². The fraction of sp³-hybridized carbons (Fsp3) is 1.00. The van der Waals surface area contributed by atoms with Crippen LogP contribution in [-0.4, -0.2) is 23.3 Å². The Labute approximate surface area is 59.8 Å². The minimum atomic E-state index is -5.29. The maximum Gasteiger partial charge on any atom is 0.420 e. The molecule has 0 bridgehead atoms. The third kappa shape index (κ3) is 2.02. The average Bonchev–Trinajstić information content (AvgIpc) is 1.83. The van der Waals surface area contributed by atoms with Crippen LogP contribution >= 0.6 is 0 Å². The summed E-state index contributed by atoms with van der Waals surface area (Å²) in [6.07, 6.45) is -9.09. The van der Waals surface area contributed by atoms with Gasteiger partial charge in [0.05, 0.1) is 0 Å². The van der Waals surface area contributed by atoms with Crippen LogP contribution in [0.4, 0.5) is 22.0 Å². The maximum absolute atomic E-state index is 12.0. The second kappa shape index (κ2) is 2.92. The summed E-state index contributed by atoms with van der Waals surface area (Å²) < 4.78 is 58.9. The molecule has 0 saturated carbocycles. The highest BCUT2D eigenvalue weighted by molar-refractivity contribution is 4.82. The first-order valence-electron chi connectivity index (χ1n) is 2.85. The first-order valence-corrected chi connectivity index (χ1v) is 2.85. The molecule has 0 aromatic heterocycles. The summed E-state index contributed by atoms with van der Waals surface area (Å²) in [7, 11) is 0. The predicted molar refractivity (Wildman–Crippen MR) is 27.3 cm³/mol. The highest BCUT2D eigenvalue weighted by Crippen LogP contribution is 2.37. The molecule has 0 aliphatic rings. The Morgan fingerprint density at radius 2 is 1.64 bits per heavy atom. The molecule has 0 saturated heterocycles. The van der Waals surface area contributed by atoms with Crippen molar-refractivity contribution in [1.29, 1.82) is 0 Å². The van der Waals surface area contributed by atoms with Gasteiger partial charge in [-0.25, -0.2) is 4.39 Å². The molecule has 0 rings (SSSR count). The van der Waals surface area contributed by atoms with Crippen LogP contribution < -0.4 is 0 Å². The molecule has 1 nitrogen and oxygen atoms in total. The lowest BCUT2D eigenvalue weighted by molar-refractivity contribution is -0.342. The zero-order chi connectivity index (χ0) is 9.28. The van der Waals surface area contributed by atoms with Gasteiger partial charge in [-0.1, -0.05) is 6.92 Å². The SMILES string of the molecule is CC[C@@H](F)C(F)(F)C(O)(F)F. The summed E-state index contributed by atoms with van der Waals surface area (Å²) >= 11 is 0. The van der Waals surface area contributed by atoms with E-state index in [2.05, 4.69) is 0 Å². The van der Waals surface area contributed by atoms with Gasteiger partial charge in [0.15, 0.2) is 6.17 Å². The van der Waals surface area contributed by atoms with Gasteiger partial charge >= 0.3 is 12.0 Å². The predicted octanol–water partition coefficient (Wildman–Crippen LogP) is 1.95. The van der Waals surface area contributed by atoms with E-state index in [1.807, 2.05) is 0 Å². The molecule has 1 N–H and O–H groups in total. The largest absolute Gasteiger partial charge is 0.420 e. The van der Waals surface area contributed by atoms with Crippen LogP contribution in [-0.2, 0) is 0 Å². The second-order valence-electron chi connectivity index (χ2n) is 2.04. The van der Waals surface area contributed by atoms with E-state index in [9.17, 15) is 22.0 Å². The van der Waals surface area contributed by atoms with Crippen molar-refractivity contribution in [2.24, 2.45) is 0 Å². The molecule has 0 aliphatic carbocycles. The molecule has 6 heteroatoms. The summed E-state index contributed by atoms with van der Waals surface area (Å²) in [6, 6.07) is 0. The van der Waals surface area contributed by atoms with Crippen molar-refractivity contribution < 1.29 is 27.1 Å². The molecule has 0 aromatic rings. The zero-order valence-corrected chi connectivity index (χ0v) is 5.62. The topological polar surface area (TPSA) is 20.2 Å². The van der Waals surface area contributed by atoms with Crippen molar-refractivity contribution in [3.05, 3.63) is 0 Å². The molecule has 0 radical (unpaired) electrons. The highest BCUT2D eigenvalue weighted by atomic mass is 19.3. The van der Waals surface area contributed by atoms with Gasteiger partial charge in [0.2, 0.25) is 0 Å². The summed E-state index contributed by atoms with van der Waals surface area (Å²) in [5, 5.41) is 7.52. The lowest BCUT2D eigenvalue weighted by Gasteiger charge is -2.23. The number of aliphatic hydroxyl groups is 1. The molecule has 0 unspecified atom stereocenters. The Balaban J connectivity index is 4.45. The van der Waals surface area contributed by atoms with Gasteiger partial charge in [-0.2, -0.15) is 17.6 Å². The minimum Gasteiger partial charge on any atom is -0.331 e.